The molecule has 1 fully saturated rings. The molecule has 0 spiro atoms. The summed E-state index contributed by atoms with van der Waals surface area (Å²) in [4.78, 5) is 12.6. The van der Waals surface area contributed by atoms with E-state index < -0.39 is 34.8 Å². The average molecular weight is 582 g/mol. The van der Waals surface area contributed by atoms with Crippen molar-refractivity contribution < 1.29 is 46.4 Å². The highest BCUT2D eigenvalue weighted by molar-refractivity contribution is 5.69. The number of fused-ring (bicyclic) bond motifs is 1. The number of carbonyl (C=O) groups is 1. The Balaban J connectivity index is 1.39. The van der Waals surface area contributed by atoms with Gasteiger partial charge in [0.1, 0.15) is 11.4 Å². The number of benzene rings is 2. The van der Waals surface area contributed by atoms with Gasteiger partial charge in [-0.1, -0.05) is 12.1 Å². The van der Waals surface area contributed by atoms with Gasteiger partial charge in [-0.2, -0.15) is 13.2 Å². The van der Waals surface area contributed by atoms with Crippen molar-refractivity contribution in [3.63, 3.8) is 0 Å². The second kappa shape index (κ2) is 12.0. The van der Waals surface area contributed by atoms with E-state index in [0.29, 0.717) is 29.9 Å². The molecule has 2 heterocycles. The van der Waals surface area contributed by atoms with Crippen molar-refractivity contribution in [1.82, 2.24) is 5.32 Å². The maximum absolute atomic E-state index is 14.0. The highest BCUT2D eigenvalue weighted by Gasteiger charge is 2.42. The molecule has 4 rings (SSSR count). The van der Waals surface area contributed by atoms with Crippen LogP contribution in [0.1, 0.15) is 64.2 Å². The normalized spacial score (nSPS) is 17.7. The van der Waals surface area contributed by atoms with Crippen LogP contribution in [0.25, 0.3) is 0 Å². The quantitative estimate of drug-likeness (QED) is 0.342. The molecule has 11 heteroatoms. The van der Waals surface area contributed by atoms with Crippen molar-refractivity contribution in [1.29, 1.82) is 0 Å². The molecule has 0 atom stereocenters. The van der Waals surface area contributed by atoms with E-state index in [1.807, 2.05) is 18.2 Å². The second-order valence-corrected chi connectivity index (χ2v) is 11.9. The summed E-state index contributed by atoms with van der Waals surface area (Å²) in [5, 5.41) is 2.84. The highest BCUT2D eigenvalue weighted by atomic mass is 19.4. The van der Waals surface area contributed by atoms with Crippen LogP contribution in [-0.2, 0) is 33.2 Å². The molecule has 0 unspecified atom stereocenters. The Morgan fingerprint density at radius 3 is 2.29 bits per heavy atom. The fourth-order valence-corrected chi connectivity index (χ4v) is 4.52. The summed E-state index contributed by atoms with van der Waals surface area (Å²) >= 11 is 0. The molecule has 0 aliphatic carbocycles. The van der Waals surface area contributed by atoms with Crippen molar-refractivity contribution in [3.8, 4) is 17.2 Å². The number of rotatable bonds is 9. The van der Waals surface area contributed by atoms with Crippen molar-refractivity contribution in [2.75, 3.05) is 26.6 Å². The molecular weight excluding hydrogens is 543 g/mol. The largest absolute Gasteiger partial charge is 0.493 e. The molecule has 0 saturated carbocycles. The van der Waals surface area contributed by atoms with Gasteiger partial charge in [-0.05, 0) is 95.7 Å². The number of amides is 1. The SMILES string of the molecule is CC(C)(C)OC(=O)NC1(CCc2ccc(OCCCc3ccc4c(c3)OCO4)c(C(F)(F)F)c2)COC(C)(C)OC1. The fourth-order valence-electron chi connectivity index (χ4n) is 4.52. The Hall–Kier alpha value is -3.18. The van der Waals surface area contributed by atoms with Crippen molar-refractivity contribution in [3.05, 3.63) is 53.1 Å². The van der Waals surface area contributed by atoms with E-state index in [0.717, 1.165) is 11.6 Å². The van der Waals surface area contributed by atoms with E-state index in [9.17, 15) is 18.0 Å². The molecule has 41 heavy (non-hydrogen) atoms. The molecule has 1 amide bonds. The van der Waals surface area contributed by atoms with Crippen LogP contribution >= 0.6 is 0 Å². The first-order chi connectivity index (χ1) is 19.1. The van der Waals surface area contributed by atoms with Crippen LogP contribution in [0.15, 0.2) is 36.4 Å². The van der Waals surface area contributed by atoms with Gasteiger partial charge >= 0.3 is 12.3 Å². The average Bonchev–Trinajstić information content (AvgIpc) is 3.34. The molecule has 2 aromatic rings. The van der Waals surface area contributed by atoms with E-state index in [2.05, 4.69) is 5.32 Å². The zero-order valence-electron chi connectivity index (χ0n) is 24.1. The number of alkyl halides is 3. The zero-order valence-corrected chi connectivity index (χ0v) is 24.1. The van der Waals surface area contributed by atoms with Gasteiger partial charge in [0.2, 0.25) is 6.79 Å². The molecule has 2 aliphatic rings. The lowest BCUT2D eigenvalue weighted by Crippen LogP contribution is -2.61. The minimum atomic E-state index is -4.60. The lowest BCUT2D eigenvalue weighted by atomic mass is 9.91. The first-order valence-electron chi connectivity index (χ1n) is 13.6. The maximum Gasteiger partial charge on any atom is 0.419 e. The second-order valence-electron chi connectivity index (χ2n) is 11.9. The molecule has 0 radical (unpaired) electrons. The van der Waals surface area contributed by atoms with Crippen LogP contribution in [0.2, 0.25) is 0 Å². The van der Waals surface area contributed by atoms with Crippen LogP contribution in [0, 0.1) is 0 Å². The van der Waals surface area contributed by atoms with Crippen LogP contribution in [0.3, 0.4) is 0 Å². The number of ether oxygens (including phenoxy) is 6. The first kappa shape index (κ1) is 30.8. The highest BCUT2D eigenvalue weighted by Crippen LogP contribution is 2.38. The van der Waals surface area contributed by atoms with E-state index in [1.165, 1.54) is 6.07 Å². The Morgan fingerprint density at radius 1 is 0.951 bits per heavy atom. The molecule has 1 N–H and O–H groups in total. The summed E-state index contributed by atoms with van der Waals surface area (Å²) < 4.78 is 75.2. The third-order valence-electron chi connectivity index (χ3n) is 6.70. The molecule has 2 aliphatic heterocycles. The Bertz CT molecular complexity index is 1210. The summed E-state index contributed by atoms with van der Waals surface area (Å²) in [5.74, 6) is 0.277. The smallest absolute Gasteiger partial charge is 0.419 e. The van der Waals surface area contributed by atoms with E-state index in [1.54, 1.807) is 40.7 Å². The standard InChI is InChI=1S/C30H38F3NO7/c1-27(2,3)41-26(35)34-29(17-39-28(4,5)40-18-29)13-12-21-8-10-23(22(15-21)30(31,32)33)36-14-6-7-20-9-11-24-25(16-20)38-19-37-24/h8-11,15-16H,6-7,12-14,17-19H2,1-5H3,(H,34,35). The van der Waals surface area contributed by atoms with Crippen molar-refractivity contribution >= 4 is 6.09 Å². The topological polar surface area (TPSA) is 84.5 Å². The number of carbonyl (C=O) groups excluding carboxylic acids is 1. The monoisotopic (exact) mass is 581 g/mol. The van der Waals surface area contributed by atoms with Gasteiger partial charge in [0.05, 0.1) is 30.9 Å². The molecule has 0 aromatic heterocycles. The van der Waals surface area contributed by atoms with E-state index in [-0.39, 0.29) is 45.2 Å². The molecule has 226 valence electrons. The lowest BCUT2D eigenvalue weighted by molar-refractivity contribution is -0.271. The van der Waals surface area contributed by atoms with Gasteiger partial charge in [0.15, 0.2) is 17.3 Å². The van der Waals surface area contributed by atoms with E-state index in [4.69, 9.17) is 28.4 Å². The van der Waals surface area contributed by atoms with Gasteiger partial charge in [0.25, 0.3) is 0 Å². The molecule has 1 saturated heterocycles. The van der Waals surface area contributed by atoms with Gasteiger partial charge in [-0.3, -0.25) is 0 Å². The van der Waals surface area contributed by atoms with Crippen LogP contribution in [-0.4, -0.2) is 49.6 Å². The Morgan fingerprint density at radius 2 is 1.61 bits per heavy atom. The summed E-state index contributed by atoms with van der Waals surface area (Å²) in [7, 11) is 0. The number of aryl methyl sites for hydroxylation is 2. The molecular formula is C30H38F3NO7. The van der Waals surface area contributed by atoms with Gasteiger partial charge < -0.3 is 33.7 Å². The predicted molar refractivity (Wildman–Crippen MR) is 144 cm³/mol. The minimum absolute atomic E-state index is 0.115. The van der Waals surface area contributed by atoms with Gasteiger partial charge in [0, 0.05) is 0 Å². The summed E-state index contributed by atoms with van der Waals surface area (Å²) in [6.45, 7) is 9.29. The van der Waals surface area contributed by atoms with Gasteiger partial charge in [-0.25, -0.2) is 4.79 Å². The number of hydrogen-bond acceptors (Lipinski definition) is 7. The van der Waals surface area contributed by atoms with E-state index >= 15 is 0 Å². The summed E-state index contributed by atoms with van der Waals surface area (Å²) in [6.07, 6.45) is -3.61. The van der Waals surface area contributed by atoms with Crippen molar-refractivity contribution in [2.24, 2.45) is 0 Å². The molecule has 8 nitrogen and oxygen atoms in total. The lowest BCUT2D eigenvalue weighted by Gasteiger charge is -2.44. The summed E-state index contributed by atoms with van der Waals surface area (Å²) in [5.41, 5.74) is -1.11. The first-order valence-corrected chi connectivity index (χ1v) is 13.6. The fraction of sp³-hybridized carbons (Fsp3) is 0.567. The van der Waals surface area contributed by atoms with Crippen LogP contribution in [0.5, 0.6) is 17.2 Å². The number of halogens is 3. The predicted octanol–water partition coefficient (Wildman–Crippen LogP) is 6.42. The zero-order chi connectivity index (χ0) is 29.9. The third kappa shape index (κ3) is 8.65. The number of nitrogens with one attached hydrogen (secondary N) is 1. The third-order valence-corrected chi connectivity index (χ3v) is 6.70. The maximum atomic E-state index is 14.0. The Labute approximate surface area is 238 Å². The Kier molecular flexibility index (Phi) is 8.98. The number of alkyl carbamates (subject to hydrolysis) is 1. The molecule has 2 aromatic carbocycles. The van der Waals surface area contributed by atoms with Gasteiger partial charge in [-0.15, -0.1) is 0 Å². The summed E-state index contributed by atoms with van der Waals surface area (Å²) in [6, 6.07) is 9.65. The van der Waals surface area contributed by atoms with Crippen LogP contribution in [0.4, 0.5) is 18.0 Å². The number of hydrogen-bond donors (Lipinski definition) is 1. The molecule has 0 bridgehead atoms. The van der Waals surface area contributed by atoms with Crippen molar-refractivity contribution in [2.45, 2.75) is 83.4 Å². The van der Waals surface area contributed by atoms with Crippen LogP contribution < -0.4 is 19.5 Å². The minimum Gasteiger partial charge on any atom is -0.493 e.